The highest BCUT2D eigenvalue weighted by Gasteiger charge is 2.22. The van der Waals surface area contributed by atoms with Crippen molar-refractivity contribution in [3.63, 3.8) is 0 Å². The second-order valence-electron chi connectivity index (χ2n) is 7.76. The molecule has 0 aliphatic heterocycles. The molecule has 0 radical (unpaired) electrons. The van der Waals surface area contributed by atoms with Gasteiger partial charge in [0.15, 0.2) is 26.2 Å². The van der Waals surface area contributed by atoms with Gasteiger partial charge in [0.05, 0.1) is 0 Å². The standard InChI is InChI=1S/C17H44O2Si4/c1-5-6-7-8-9-10-11-12-13-14-15-16-17-22(2)19-21-23(3,4)18-20/h22H,5-17,21H2,1-4,20H3. The average molecular weight is 393 g/mol. The fourth-order valence-electron chi connectivity index (χ4n) is 2.76. The van der Waals surface area contributed by atoms with Crippen molar-refractivity contribution in [3.05, 3.63) is 0 Å². The van der Waals surface area contributed by atoms with Gasteiger partial charge in [0.1, 0.15) is 10.5 Å². The fraction of sp³-hybridized carbons (Fsp3) is 1.00. The Bertz CT molecular complexity index is 253. The Balaban J connectivity index is 3.23. The van der Waals surface area contributed by atoms with E-state index in [4.69, 9.17) is 8.23 Å². The van der Waals surface area contributed by atoms with Gasteiger partial charge in [0, 0.05) is 0 Å². The molecule has 0 saturated carbocycles. The van der Waals surface area contributed by atoms with Crippen molar-refractivity contribution in [2.75, 3.05) is 0 Å². The van der Waals surface area contributed by atoms with Crippen molar-refractivity contribution in [1.82, 2.24) is 0 Å². The van der Waals surface area contributed by atoms with E-state index in [1.807, 2.05) is 0 Å². The molecular formula is C17H44O2Si4. The molecule has 0 bridgehead atoms. The van der Waals surface area contributed by atoms with Crippen molar-refractivity contribution in [1.29, 1.82) is 0 Å². The first-order chi connectivity index (χ1) is 11.0. The summed E-state index contributed by atoms with van der Waals surface area (Å²) in [5, 5.41) is 0. The Morgan fingerprint density at radius 1 is 0.826 bits per heavy atom. The summed E-state index contributed by atoms with van der Waals surface area (Å²) in [5.41, 5.74) is 0. The van der Waals surface area contributed by atoms with Gasteiger partial charge in [-0.25, -0.2) is 0 Å². The lowest BCUT2D eigenvalue weighted by molar-refractivity contribution is 0.544. The third kappa shape index (κ3) is 17.4. The minimum absolute atomic E-state index is 0.357. The lowest BCUT2D eigenvalue weighted by Gasteiger charge is -2.22. The van der Waals surface area contributed by atoms with E-state index in [-0.39, 0.29) is 9.28 Å². The Hall–Kier alpha value is 0.788. The molecule has 0 aromatic rings. The average Bonchev–Trinajstić information content (AvgIpc) is 2.54. The minimum atomic E-state index is -1.31. The number of rotatable bonds is 17. The van der Waals surface area contributed by atoms with Crippen LogP contribution in [0.15, 0.2) is 0 Å². The maximum atomic E-state index is 6.23. The molecule has 0 heterocycles. The molecule has 0 rings (SSSR count). The molecule has 0 aliphatic rings. The predicted octanol–water partition coefficient (Wildman–Crippen LogP) is 4.14. The van der Waals surface area contributed by atoms with Crippen LogP contribution in [0.1, 0.15) is 84.0 Å². The Labute approximate surface area is 154 Å². The molecule has 140 valence electrons. The topological polar surface area (TPSA) is 18.5 Å². The van der Waals surface area contributed by atoms with Crippen LogP contribution in [0.25, 0.3) is 0 Å². The zero-order chi connectivity index (χ0) is 17.4. The third-order valence-corrected chi connectivity index (χ3v) is 20.2. The summed E-state index contributed by atoms with van der Waals surface area (Å²) in [6, 6.07) is 1.38. The molecule has 0 aromatic heterocycles. The van der Waals surface area contributed by atoms with Gasteiger partial charge < -0.3 is 8.23 Å². The van der Waals surface area contributed by atoms with E-state index in [9.17, 15) is 0 Å². The maximum Gasteiger partial charge on any atom is 0.183 e. The molecule has 6 heteroatoms. The summed E-state index contributed by atoms with van der Waals surface area (Å²) >= 11 is 0. The van der Waals surface area contributed by atoms with E-state index < -0.39 is 16.9 Å². The maximum absolute atomic E-state index is 6.23. The number of unbranched alkanes of at least 4 members (excludes halogenated alkanes) is 11. The predicted molar refractivity (Wildman–Crippen MR) is 117 cm³/mol. The van der Waals surface area contributed by atoms with Gasteiger partial charge in [-0.2, -0.15) is 0 Å². The first-order valence-corrected chi connectivity index (χ1v) is 19.3. The molecule has 0 amide bonds. The molecule has 0 N–H and O–H groups in total. The first kappa shape index (κ1) is 23.8. The molecule has 0 aromatic carbocycles. The van der Waals surface area contributed by atoms with Crippen LogP contribution in [0.5, 0.6) is 0 Å². The van der Waals surface area contributed by atoms with Crippen LogP contribution in [-0.4, -0.2) is 36.6 Å². The van der Waals surface area contributed by atoms with E-state index >= 15 is 0 Å². The summed E-state index contributed by atoms with van der Waals surface area (Å²) in [5.74, 6) is 0. The Kier molecular flexibility index (Phi) is 16.8. The van der Waals surface area contributed by atoms with Crippen molar-refractivity contribution in [2.45, 2.75) is 110 Å². The van der Waals surface area contributed by atoms with Crippen molar-refractivity contribution >= 4 is 36.6 Å². The number of hydrogen-bond acceptors (Lipinski definition) is 2. The lowest BCUT2D eigenvalue weighted by Crippen LogP contribution is -2.41. The van der Waals surface area contributed by atoms with Crippen LogP contribution in [0, 0.1) is 0 Å². The zero-order valence-electron chi connectivity index (χ0n) is 16.8. The highest BCUT2D eigenvalue weighted by Crippen LogP contribution is 2.13. The molecule has 1 atom stereocenters. The van der Waals surface area contributed by atoms with Crippen LogP contribution in [-0.2, 0) is 8.23 Å². The molecular weight excluding hydrogens is 349 g/mol. The van der Waals surface area contributed by atoms with Gasteiger partial charge in [0.25, 0.3) is 0 Å². The van der Waals surface area contributed by atoms with Gasteiger partial charge in [0.2, 0.25) is 0 Å². The van der Waals surface area contributed by atoms with Gasteiger partial charge in [-0.05, 0) is 25.7 Å². The van der Waals surface area contributed by atoms with Crippen molar-refractivity contribution < 1.29 is 8.23 Å². The highest BCUT2D eigenvalue weighted by molar-refractivity contribution is 7.19. The summed E-state index contributed by atoms with van der Waals surface area (Å²) in [6.07, 6.45) is 17.3. The first-order valence-electron chi connectivity index (χ1n) is 10.2. The van der Waals surface area contributed by atoms with Crippen molar-refractivity contribution in [3.8, 4) is 0 Å². The molecule has 0 spiro atoms. The molecule has 0 fully saturated rings. The molecule has 0 saturated heterocycles. The minimum Gasteiger partial charge on any atom is -0.464 e. The van der Waals surface area contributed by atoms with Gasteiger partial charge >= 0.3 is 0 Å². The van der Waals surface area contributed by atoms with E-state index in [1.54, 1.807) is 0 Å². The lowest BCUT2D eigenvalue weighted by atomic mass is 10.1. The van der Waals surface area contributed by atoms with Crippen molar-refractivity contribution in [2.24, 2.45) is 0 Å². The Morgan fingerprint density at radius 3 is 1.70 bits per heavy atom. The van der Waals surface area contributed by atoms with Gasteiger partial charge in [-0.15, -0.1) is 0 Å². The summed E-state index contributed by atoms with van der Waals surface area (Å²) in [4.78, 5) is 0. The van der Waals surface area contributed by atoms with Crippen LogP contribution in [0.2, 0.25) is 25.7 Å². The SMILES string of the molecule is CCCCCCCCCCCCCC[SiH](C)O[SiH2][Si](C)(C)O[SiH3]. The monoisotopic (exact) mass is 392 g/mol. The van der Waals surface area contributed by atoms with Crippen LogP contribution < -0.4 is 0 Å². The molecule has 1 unspecified atom stereocenters. The summed E-state index contributed by atoms with van der Waals surface area (Å²) in [6.45, 7) is 9.35. The van der Waals surface area contributed by atoms with E-state index in [0.717, 1.165) is 10.5 Å². The second-order valence-corrected chi connectivity index (χ2v) is 22.7. The van der Waals surface area contributed by atoms with Crippen LogP contribution in [0.3, 0.4) is 0 Å². The summed E-state index contributed by atoms with van der Waals surface area (Å²) < 4.78 is 12.0. The van der Waals surface area contributed by atoms with E-state index in [2.05, 4.69) is 26.6 Å². The van der Waals surface area contributed by atoms with Crippen LogP contribution >= 0.6 is 0 Å². The Morgan fingerprint density at radius 2 is 1.26 bits per heavy atom. The molecule has 23 heavy (non-hydrogen) atoms. The van der Waals surface area contributed by atoms with Gasteiger partial charge in [-0.1, -0.05) is 84.0 Å². The highest BCUT2D eigenvalue weighted by atomic mass is 29.2. The largest absolute Gasteiger partial charge is 0.464 e. The fourth-order valence-corrected chi connectivity index (χ4v) is 14.7. The quantitative estimate of drug-likeness (QED) is 0.273. The summed E-state index contributed by atoms with van der Waals surface area (Å²) in [7, 11) is -1.64. The molecule has 2 nitrogen and oxygen atoms in total. The van der Waals surface area contributed by atoms with Gasteiger partial charge in [-0.3, -0.25) is 0 Å². The molecule has 0 aliphatic carbocycles. The third-order valence-electron chi connectivity index (χ3n) is 4.73. The smallest absolute Gasteiger partial charge is 0.183 e. The van der Waals surface area contributed by atoms with E-state index in [0.29, 0.717) is 0 Å². The number of hydrogen-bond donors (Lipinski definition) is 0. The van der Waals surface area contributed by atoms with E-state index in [1.165, 1.54) is 83.1 Å². The van der Waals surface area contributed by atoms with Crippen LogP contribution in [0.4, 0.5) is 0 Å². The zero-order valence-corrected chi connectivity index (χ0v) is 22.4. The second kappa shape index (κ2) is 16.3. The normalized spacial score (nSPS) is 14.1.